The van der Waals surface area contributed by atoms with Gasteiger partial charge in [-0.25, -0.2) is 0 Å². The molecule has 2 N–H and O–H groups in total. The van der Waals surface area contributed by atoms with E-state index >= 15 is 0 Å². The summed E-state index contributed by atoms with van der Waals surface area (Å²) in [4.78, 5) is 2.40. The second kappa shape index (κ2) is 7.17. The molecule has 0 aliphatic heterocycles. The third-order valence-corrected chi connectivity index (χ3v) is 2.77. The van der Waals surface area contributed by atoms with Gasteiger partial charge in [0.05, 0.1) is 6.61 Å². The molecule has 0 radical (unpaired) electrons. The first-order chi connectivity index (χ1) is 8.21. The number of anilines is 1. The first-order valence-corrected chi connectivity index (χ1v) is 6.44. The quantitative estimate of drug-likeness (QED) is 0.740. The minimum atomic E-state index is 0.691. The van der Waals surface area contributed by atoms with Crippen molar-refractivity contribution in [1.82, 2.24) is 4.90 Å². The van der Waals surface area contributed by atoms with E-state index in [9.17, 15) is 0 Å². The molecule has 1 aromatic carbocycles. The van der Waals surface area contributed by atoms with Gasteiger partial charge in [0.25, 0.3) is 0 Å². The SMILES string of the molecule is CCCN(CC)Cc1cc(N)ccc1OCC. The lowest BCUT2D eigenvalue weighted by molar-refractivity contribution is 0.270. The molecule has 3 heteroatoms. The summed E-state index contributed by atoms with van der Waals surface area (Å²) in [5, 5.41) is 0. The summed E-state index contributed by atoms with van der Waals surface area (Å²) in [6.45, 7) is 10.1. The zero-order chi connectivity index (χ0) is 12.7. The highest BCUT2D eigenvalue weighted by Crippen LogP contribution is 2.23. The topological polar surface area (TPSA) is 38.5 Å². The molecule has 0 aromatic heterocycles. The Labute approximate surface area is 105 Å². The number of benzene rings is 1. The van der Waals surface area contributed by atoms with Crippen LogP contribution in [0.4, 0.5) is 5.69 Å². The number of hydrogen-bond acceptors (Lipinski definition) is 3. The highest BCUT2D eigenvalue weighted by Gasteiger charge is 2.08. The second-order valence-electron chi connectivity index (χ2n) is 4.17. The molecule has 0 aliphatic rings. The van der Waals surface area contributed by atoms with Crippen LogP contribution in [0.3, 0.4) is 0 Å². The summed E-state index contributed by atoms with van der Waals surface area (Å²) in [5.74, 6) is 0.955. The van der Waals surface area contributed by atoms with Crippen molar-refractivity contribution in [2.45, 2.75) is 33.7 Å². The lowest BCUT2D eigenvalue weighted by Gasteiger charge is -2.21. The van der Waals surface area contributed by atoms with Gasteiger partial charge >= 0.3 is 0 Å². The van der Waals surface area contributed by atoms with Crippen molar-refractivity contribution in [1.29, 1.82) is 0 Å². The van der Waals surface area contributed by atoms with Crippen LogP contribution in [-0.2, 0) is 6.54 Å². The Morgan fingerprint density at radius 2 is 2.00 bits per heavy atom. The first-order valence-electron chi connectivity index (χ1n) is 6.44. The van der Waals surface area contributed by atoms with Crippen LogP contribution in [-0.4, -0.2) is 24.6 Å². The Morgan fingerprint density at radius 1 is 1.24 bits per heavy atom. The van der Waals surface area contributed by atoms with Crippen molar-refractivity contribution in [2.24, 2.45) is 0 Å². The number of ether oxygens (including phenoxy) is 1. The van der Waals surface area contributed by atoms with Gasteiger partial charge < -0.3 is 10.5 Å². The van der Waals surface area contributed by atoms with Gasteiger partial charge in [0, 0.05) is 17.8 Å². The number of rotatable bonds is 7. The fourth-order valence-electron chi connectivity index (χ4n) is 1.93. The van der Waals surface area contributed by atoms with Gasteiger partial charge in [-0.15, -0.1) is 0 Å². The van der Waals surface area contributed by atoms with Crippen LogP contribution in [0, 0.1) is 0 Å². The molecule has 0 atom stereocenters. The zero-order valence-corrected chi connectivity index (χ0v) is 11.2. The van der Waals surface area contributed by atoms with Gasteiger partial charge in [-0.05, 0) is 44.6 Å². The smallest absolute Gasteiger partial charge is 0.123 e. The maximum atomic E-state index is 5.84. The third-order valence-electron chi connectivity index (χ3n) is 2.77. The van der Waals surface area contributed by atoms with E-state index in [1.165, 1.54) is 12.0 Å². The molecular weight excluding hydrogens is 212 g/mol. The van der Waals surface area contributed by atoms with Gasteiger partial charge in [0.1, 0.15) is 5.75 Å². The van der Waals surface area contributed by atoms with E-state index in [2.05, 4.69) is 18.7 Å². The molecule has 0 fully saturated rings. The molecule has 3 nitrogen and oxygen atoms in total. The van der Waals surface area contributed by atoms with Crippen LogP contribution < -0.4 is 10.5 Å². The molecule has 0 unspecified atom stereocenters. The molecule has 0 bridgehead atoms. The predicted octanol–water partition coefficient (Wildman–Crippen LogP) is 2.90. The van der Waals surface area contributed by atoms with Crippen LogP contribution in [0.5, 0.6) is 5.75 Å². The van der Waals surface area contributed by atoms with Crippen LogP contribution >= 0.6 is 0 Å². The Kier molecular flexibility index (Phi) is 5.84. The second-order valence-corrected chi connectivity index (χ2v) is 4.17. The van der Waals surface area contributed by atoms with E-state index in [4.69, 9.17) is 10.5 Å². The minimum absolute atomic E-state index is 0.691. The summed E-state index contributed by atoms with van der Waals surface area (Å²) in [6.07, 6.45) is 1.17. The van der Waals surface area contributed by atoms with Gasteiger partial charge in [-0.1, -0.05) is 13.8 Å². The van der Waals surface area contributed by atoms with E-state index in [1.807, 2.05) is 25.1 Å². The summed E-state index contributed by atoms with van der Waals surface area (Å²) in [6, 6.07) is 5.88. The van der Waals surface area contributed by atoms with Crippen molar-refractivity contribution in [3.63, 3.8) is 0 Å². The maximum Gasteiger partial charge on any atom is 0.123 e. The predicted molar refractivity (Wildman–Crippen MR) is 73.3 cm³/mol. The summed E-state index contributed by atoms with van der Waals surface area (Å²) in [7, 11) is 0. The molecule has 0 spiro atoms. The van der Waals surface area contributed by atoms with E-state index in [0.29, 0.717) is 6.61 Å². The highest BCUT2D eigenvalue weighted by molar-refractivity contribution is 5.47. The van der Waals surface area contributed by atoms with Gasteiger partial charge in [-0.2, -0.15) is 0 Å². The summed E-state index contributed by atoms with van der Waals surface area (Å²) < 4.78 is 5.63. The lowest BCUT2D eigenvalue weighted by Crippen LogP contribution is -2.24. The van der Waals surface area contributed by atoms with Crippen LogP contribution in [0.2, 0.25) is 0 Å². The van der Waals surface area contributed by atoms with Crippen molar-refractivity contribution >= 4 is 5.69 Å². The molecule has 0 saturated carbocycles. The van der Waals surface area contributed by atoms with Crippen LogP contribution in [0.25, 0.3) is 0 Å². The third kappa shape index (κ3) is 4.27. The number of hydrogen-bond donors (Lipinski definition) is 1. The van der Waals surface area contributed by atoms with E-state index in [0.717, 1.165) is 31.1 Å². The zero-order valence-electron chi connectivity index (χ0n) is 11.2. The molecule has 96 valence electrons. The van der Waals surface area contributed by atoms with Crippen molar-refractivity contribution in [2.75, 3.05) is 25.4 Å². The molecule has 0 aliphatic carbocycles. The summed E-state index contributed by atoms with van der Waals surface area (Å²) in [5.41, 5.74) is 7.83. The Hall–Kier alpha value is -1.22. The molecule has 0 saturated heterocycles. The first kappa shape index (κ1) is 13.8. The summed E-state index contributed by atoms with van der Waals surface area (Å²) >= 11 is 0. The standard InChI is InChI=1S/C14H24N2O/c1-4-9-16(5-2)11-12-10-13(15)7-8-14(12)17-6-3/h7-8,10H,4-6,9,11,15H2,1-3H3. The van der Waals surface area contributed by atoms with Crippen LogP contribution in [0.15, 0.2) is 18.2 Å². The maximum absolute atomic E-state index is 5.84. The van der Waals surface area contributed by atoms with E-state index in [-0.39, 0.29) is 0 Å². The molecule has 1 rings (SSSR count). The number of nitrogen functional groups attached to an aromatic ring is 1. The Morgan fingerprint density at radius 3 is 2.59 bits per heavy atom. The van der Waals surface area contributed by atoms with Crippen molar-refractivity contribution < 1.29 is 4.74 Å². The fourth-order valence-corrected chi connectivity index (χ4v) is 1.93. The van der Waals surface area contributed by atoms with Gasteiger partial charge in [0.15, 0.2) is 0 Å². The number of nitrogens with zero attached hydrogens (tertiary/aromatic N) is 1. The monoisotopic (exact) mass is 236 g/mol. The van der Waals surface area contributed by atoms with Crippen molar-refractivity contribution in [3.8, 4) is 5.75 Å². The average Bonchev–Trinajstić information content (AvgIpc) is 2.32. The molecule has 1 aromatic rings. The molecule has 0 heterocycles. The van der Waals surface area contributed by atoms with E-state index < -0.39 is 0 Å². The fraction of sp³-hybridized carbons (Fsp3) is 0.571. The Balaban J connectivity index is 2.82. The molecule has 17 heavy (non-hydrogen) atoms. The highest BCUT2D eigenvalue weighted by atomic mass is 16.5. The largest absolute Gasteiger partial charge is 0.494 e. The van der Waals surface area contributed by atoms with E-state index in [1.54, 1.807) is 0 Å². The van der Waals surface area contributed by atoms with Gasteiger partial charge in [0.2, 0.25) is 0 Å². The number of nitrogens with two attached hydrogens (primary N) is 1. The Bertz CT molecular complexity index is 339. The van der Waals surface area contributed by atoms with Crippen molar-refractivity contribution in [3.05, 3.63) is 23.8 Å². The van der Waals surface area contributed by atoms with Crippen LogP contribution in [0.1, 0.15) is 32.8 Å². The van der Waals surface area contributed by atoms with Gasteiger partial charge in [-0.3, -0.25) is 4.90 Å². The minimum Gasteiger partial charge on any atom is -0.494 e. The lowest BCUT2D eigenvalue weighted by atomic mass is 10.1. The average molecular weight is 236 g/mol. The molecule has 0 amide bonds. The molecular formula is C14H24N2O. The normalized spacial score (nSPS) is 10.8.